The van der Waals surface area contributed by atoms with Crippen molar-refractivity contribution in [2.45, 2.75) is 52.5 Å². The first kappa shape index (κ1) is 11.9. The molecule has 1 rings (SSSR count). The van der Waals surface area contributed by atoms with Gasteiger partial charge in [0.15, 0.2) is 5.82 Å². The first-order valence-corrected chi connectivity index (χ1v) is 5.72. The molecule has 1 aromatic heterocycles. The number of nitrogen functional groups attached to an aromatic ring is 1. The molecule has 15 heavy (non-hydrogen) atoms. The van der Waals surface area contributed by atoms with E-state index in [1.54, 1.807) is 0 Å². The third kappa shape index (κ3) is 3.81. The zero-order valence-corrected chi connectivity index (χ0v) is 9.93. The summed E-state index contributed by atoms with van der Waals surface area (Å²) in [6.45, 7) is 6.29. The molecule has 4 nitrogen and oxygen atoms in total. The highest BCUT2D eigenvalue weighted by Gasteiger charge is 2.07. The minimum atomic E-state index is 0.432. The van der Waals surface area contributed by atoms with Crippen molar-refractivity contribution in [2.24, 2.45) is 0 Å². The molecule has 1 heterocycles. The van der Waals surface area contributed by atoms with Gasteiger partial charge in [-0.2, -0.15) is 0 Å². The average molecular weight is 210 g/mol. The zero-order valence-electron chi connectivity index (χ0n) is 9.93. The topological polar surface area (TPSA) is 66.7 Å². The lowest BCUT2D eigenvalue weighted by Gasteiger charge is -2.13. The third-order valence-electron chi connectivity index (χ3n) is 2.47. The number of nitrogens with one attached hydrogen (secondary N) is 2. The van der Waals surface area contributed by atoms with Crippen molar-refractivity contribution >= 4 is 11.6 Å². The van der Waals surface area contributed by atoms with Crippen LogP contribution in [0.4, 0.5) is 11.6 Å². The normalized spacial score (nSPS) is 12.7. The second-order valence-corrected chi connectivity index (χ2v) is 4.13. The molecule has 0 radical (unpaired) electrons. The number of rotatable bonds is 6. The molecule has 0 bridgehead atoms. The molecule has 0 fully saturated rings. The van der Waals surface area contributed by atoms with Gasteiger partial charge in [-0.3, -0.25) is 0 Å². The molecule has 4 heteroatoms. The predicted octanol–water partition coefficient (Wildman–Crippen LogP) is 2.68. The SMILES string of the molecule is CCCCCC(C)Nc1nc(C)[nH]c1N. The van der Waals surface area contributed by atoms with Crippen LogP contribution in [0, 0.1) is 6.92 Å². The Hall–Kier alpha value is -1.19. The average Bonchev–Trinajstić information content (AvgIpc) is 2.45. The molecule has 1 atom stereocenters. The maximum atomic E-state index is 5.76. The standard InChI is InChI=1S/C11H22N4/c1-4-5-6-7-8(2)13-11-10(12)14-9(3)15-11/h8,13H,4-7,12H2,1-3H3,(H,14,15). The van der Waals surface area contributed by atoms with Gasteiger partial charge in [0, 0.05) is 6.04 Å². The summed E-state index contributed by atoms with van der Waals surface area (Å²) in [5.41, 5.74) is 5.76. The van der Waals surface area contributed by atoms with Gasteiger partial charge >= 0.3 is 0 Å². The lowest BCUT2D eigenvalue weighted by molar-refractivity contribution is 0.614. The van der Waals surface area contributed by atoms with E-state index in [-0.39, 0.29) is 0 Å². The lowest BCUT2D eigenvalue weighted by Crippen LogP contribution is -2.16. The molecule has 0 saturated heterocycles. The highest BCUT2D eigenvalue weighted by molar-refractivity contribution is 5.57. The number of nitrogens with zero attached hydrogens (tertiary/aromatic N) is 1. The number of imidazole rings is 1. The van der Waals surface area contributed by atoms with Crippen molar-refractivity contribution in [1.29, 1.82) is 0 Å². The number of unbranched alkanes of at least 4 members (excludes halogenated alkanes) is 2. The summed E-state index contributed by atoms with van der Waals surface area (Å²) < 4.78 is 0. The smallest absolute Gasteiger partial charge is 0.168 e. The van der Waals surface area contributed by atoms with Crippen molar-refractivity contribution in [2.75, 3.05) is 11.1 Å². The van der Waals surface area contributed by atoms with E-state index in [0.717, 1.165) is 11.6 Å². The summed E-state index contributed by atoms with van der Waals surface area (Å²) in [5, 5.41) is 3.32. The van der Waals surface area contributed by atoms with Crippen molar-refractivity contribution in [1.82, 2.24) is 9.97 Å². The number of hydrogen-bond donors (Lipinski definition) is 3. The fourth-order valence-corrected chi connectivity index (χ4v) is 1.63. The maximum Gasteiger partial charge on any atom is 0.168 e. The van der Waals surface area contributed by atoms with Crippen molar-refractivity contribution in [3.63, 3.8) is 0 Å². The molecule has 86 valence electrons. The molecule has 4 N–H and O–H groups in total. The van der Waals surface area contributed by atoms with Gasteiger partial charge in [0.2, 0.25) is 0 Å². The van der Waals surface area contributed by atoms with Crippen LogP contribution >= 0.6 is 0 Å². The Morgan fingerprint density at radius 2 is 2.20 bits per heavy atom. The Kier molecular flexibility index (Phi) is 4.46. The quantitative estimate of drug-likeness (QED) is 0.632. The summed E-state index contributed by atoms with van der Waals surface area (Å²) >= 11 is 0. The first-order valence-electron chi connectivity index (χ1n) is 5.72. The number of anilines is 2. The summed E-state index contributed by atoms with van der Waals surface area (Å²) in [5.74, 6) is 2.28. The van der Waals surface area contributed by atoms with Crippen LogP contribution in [0.1, 0.15) is 45.4 Å². The molecule has 0 amide bonds. The van der Waals surface area contributed by atoms with Gasteiger partial charge < -0.3 is 16.0 Å². The molecule has 0 aliphatic rings. The van der Waals surface area contributed by atoms with Gasteiger partial charge in [-0.05, 0) is 20.3 Å². The number of aryl methyl sites for hydroxylation is 1. The van der Waals surface area contributed by atoms with Gasteiger partial charge in [-0.15, -0.1) is 0 Å². The minimum absolute atomic E-state index is 0.432. The van der Waals surface area contributed by atoms with Gasteiger partial charge in [0.25, 0.3) is 0 Å². The number of aromatic amines is 1. The van der Waals surface area contributed by atoms with Crippen LogP contribution < -0.4 is 11.1 Å². The molecular formula is C11H22N4. The van der Waals surface area contributed by atoms with E-state index >= 15 is 0 Å². The first-order chi connectivity index (χ1) is 7.13. The van der Waals surface area contributed by atoms with Gasteiger partial charge in [0.05, 0.1) is 0 Å². The Labute approximate surface area is 91.7 Å². The summed E-state index contributed by atoms with van der Waals surface area (Å²) in [7, 11) is 0. The van der Waals surface area contributed by atoms with E-state index in [1.165, 1.54) is 25.7 Å². The number of aromatic nitrogens is 2. The molecule has 1 unspecified atom stereocenters. The Morgan fingerprint density at radius 3 is 2.73 bits per heavy atom. The van der Waals surface area contributed by atoms with Crippen LogP contribution in [0.15, 0.2) is 0 Å². The number of hydrogen-bond acceptors (Lipinski definition) is 3. The van der Waals surface area contributed by atoms with Crippen LogP contribution in [0.2, 0.25) is 0 Å². The Balaban J connectivity index is 2.37. The van der Waals surface area contributed by atoms with E-state index < -0.39 is 0 Å². The molecule has 1 aromatic rings. The lowest BCUT2D eigenvalue weighted by atomic mass is 10.1. The number of H-pyrrole nitrogens is 1. The molecular weight excluding hydrogens is 188 g/mol. The molecule has 0 aliphatic heterocycles. The Bertz CT molecular complexity index is 293. The van der Waals surface area contributed by atoms with Crippen LogP contribution in [0.25, 0.3) is 0 Å². The Morgan fingerprint density at radius 1 is 1.47 bits per heavy atom. The fourth-order valence-electron chi connectivity index (χ4n) is 1.63. The van der Waals surface area contributed by atoms with Crippen molar-refractivity contribution in [3.05, 3.63) is 5.82 Å². The largest absolute Gasteiger partial charge is 0.382 e. The van der Waals surface area contributed by atoms with Crippen LogP contribution in [0.5, 0.6) is 0 Å². The van der Waals surface area contributed by atoms with Crippen molar-refractivity contribution in [3.8, 4) is 0 Å². The van der Waals surface area contributed by atoms with E-state index in [4.69, 9.17) is 5.73 Å². The summed E-state index contributed by atoms with van der Waals surface area (Å²) in [4.78, 5) is 7.27. The predicted molar refractivity (Wildman–Crippen MR) is 65.0 cm³/mol. The fraction of sp³-hybridized carbons (Fsp3) is 0.727. The van der Waals surface area contributed by atoms with Crippen LogP contribution in [0.3, 0.4) is 0 Å². The molecule has 0 aliphatic carbocycles. The monoisotopic (exact) mass is 210 g/mol. The summed E-state index contributed by atoms with van der Waals surface area (Å²) in [6, 6.07) is 0.432. The number of nitrogens with two attached hydrogens (primary N) is 1. The van der Waals surface area contributed by atoms with Gasteiger partial charge in [-0.1, -0.05) is 26.2 Å². The molecule has 0 saturated carbocycles. The molecule has 0 aromatic carbocycles. The van der Waals surface area contributed by atoms with Crippen molar-refractivity contribution < 1.29 is 0 Å². The van der Waals surface area contributed by atoms with E-state index in [9.17, 15) is 0 Å². The van der Waals surface area contributed by atoms with Gasteiger partial charge in [-0.25, -0.2) is 4.98 Å². The second-order valence-electron chi connectivity index (χ2n) is 4.13. The third-order valence-corrected chi connectivity index (χ3v) is 2.47. The van der Waals surface area contributed by atoms with Gasteiger partial charge in [0.1, 0.15) is 11.6 Å². The second kappa shape index (κ2) is 5.63. The maximum absolute atomic E-state index is 5.76. The van der Waals surface area contributed by atoms with E-state index in [0.29, 0.717) is 11.9 Å². The minimum Gasteiger partial charge on any atom is -0.382 e. The highest BCUT2D eigenvalue weighted by atomic mass is 15.1. The molecule has 0 spiro atoms. The highest BCUT2D eigenvalue weighted by Crippen LogP contribution is 2.16. The van der Waals surface area contributed by atoms with E-state index in [2.05, 4.69) is 29.1 Å². The zero-order chi connectivity index (χ0) is 11.3. The van der Waals surface area contributed by atoms with E-state index in [1.807, 2.05) is 6.92 Å². The van der Waals surface area contributed by atoms with Crippen LogP contribution in [-0.2, 0) is 0 Å². The van der Waals surface area contributed by atoms with Crippen LogP contribution in [-0.4, -0.2) is 16.0 Å². The summed E-state index contributed by atoms with van der Waals surface area (Å²) in [6.07, 6.45) is 4.98.